The van der Waals surface area contributed by atoms with Crippen LogP contribution in [0.15, 0.2) is 41.6 Å². The van der Waals surface area contributed by atoms with Crippen molar-refractivity contribution in [1.29, 1.82) is 0 Å². The molecule has 4 nitrogen and oxygen atoms in total. The number of carbonyl (C=O) groups is 1. The molecule has 0 fully saturated rings. The fraction of sp³-hybridized carbons (Fsp3) is 0.143. The molecular weight excluding hydrogens is 281 g/mol. The van der Waals surface area contributed by atoms with Gasteiger partial charge in [-0.15, -0.1) is 11.8 Å². The lowest BCUT2D eigenvalue weighted by Crippen LogP contribution is -1.97. The summed E-state index contributed by atoms with van der Waals surface area (Å²) < 4.78 is 18.7. The van der Waals surface area contributed by atoms with Gasteiger partial charge in [0.1, 0.15) is 11.6 Å². The summed E-state index contributed by atoms with van der Waals surface area (Å²) in [6.45, 7) is 0. The van der Waals surface area contributed by atoms with Crippen molar-refractivity contribution < 1.29 is 19.0 Å². The van der Waals surface area contributed by atoms with E-state index >= 15 is 0 Å². The molecule has 2 rings (SSSR count). The molecule has 0 spiro atoms. The maximum Gasteiger partial charge on any atom is 0.335 e. The second-order valence-electron chi connectivity index (χ2n) is 3.93. The van der Waals surface area contributed by atoms with E-state index < -0.39 is 5.97 Å². The molecule has 1 aromatic heterocycles. The molecule has 0 atom stereocenters. The number of rotatable bonds is 5. The number of pyridine rings is 1. The lowest BCUT2D eigenvalue weighted by molar-refractivity contribution is 0.0696. The van der Waals surface area contributed by atoms with Crippen LogP contribution in [0.25, 0.3) is 0 Å². The fourth-order valence-electron chi connectivity index (χ4n) is 1.55. The first-order valence-electron chi connectivity index (χ1n) is 5.74. The first-order chi connectivity index (χ1) is 9.60. The summed E-state index contributed by atoms with van der Waals surface area (Å²) in [6, 6.07) is 7.52. The Hall–Kier alpha value is -2.08. The minimum atomic E-state index is -1.01. The molecule has 1 N–H and O–H groups in total. The predicted octanol–water partition coefficient (Wildman–Crippen LogP) is 3.22. The van der Waals surface area contributed by atoms with Gasteiger partial charge >= 0.3 is 5.97 Å². The van der Waals surface area contributed by atoms with Gasteiger partial charge < -0.3 is 9.84 Å². The maximum absolute atomic E-state index is 13.7. The van der Waals surface area contributed by atoms with Crippen LogP contribution >= 0.6 is 11.8 Å². The molecule has 1 aromatic carbocycles. The monoisotopic (exact) mass is 293 g/mol. The standard InChI is InChI=1S/C14H12FNO3S/c1-19-11-3-2-10(12(15)7-11)8-20-13-6-9(14(17)18)4-5-16-13/h2-7H,8H2,1H3,(H,17,18). The Morgan fingerprint density at radius 1 is 1.40 bits per heavy atom. The summed E-state index contributed by atoms with van der Waals surface area (Å²) in [5.41, 5.74) is 0.677. The molecule has 0 amide bonds. The number of nitrogens with zero attached hydrogens (tertiary/aromatic N) is 1. The van der Waals surface area contributed by atoms with Crippen LogP contribution in [-0.2, 0) is 5.75 Å². The predicted molar refractivity (Wildman–Crippen MR) is 73.7 cm³/mol. The van der Waals surface area contributed by atoms with E-state index in [1.807, 2.05) is 0 Å². The summed E-state index contributed by atoms with van der Waals surface area (Å²) in [5.74, 6) is -0.537. The average molecular weight is 293 g/mol. The smallest absolute Gasteiger partial charge is 0.335 e. The molecule has 0 aliphatic rings. The highest BCUT2D eigenvalue weighted by molar-refractivity contribution is 7.98. The van der Waals surface area contributed by atoms with Gasteiger partial charge in [-0.25, -0.2) is 14.2 Å². The lowest BCUT2D eigenvalue weighted by atomic mass is 10.2. The van der Waals surface area contributed by atoms with E-state index in [-0.39, 0.29) is 11.4 Å². The number of aromatic carboxylic acids is 1. The number of halogens is 1. The SMILES string of the molecule is COc1ccc(CSc2cc(C(=O)O)ccn2)c(F)c1. The minimum absolute atomic E-state index is 0.165. The largest absolute Gasteiger partial charge is 0.497 e. The second-order valence-corrected chi connectivity index (χ2v) is 4.93. The number of carboxylic acid groups (broad SMARTS) is 1. The van der Waals surface area contributed by atoms with Crippen LogP contribution in [0.5, 0.6) is 5.75 Å². The van der Waals surface area contributed by atoms with Crippen LogP contribution in [0.1, 0.15) is 15.9 Å². The zero-order valence-electron chi connectivity index (χ0n) is 10.7. The van der Waals surface area contributed by atoms with Gasteiger partial charge in [-0.2, -0.15) is 0 Å². The highest BCUT2D eigenvalue weighted by atomic mass is 32.2. The number of benzene rings is 1. The fourth-order valence-corrected chi connectivity index (χ4v) is 2.43. The Kier molecular flexibility index (Phi) is 4.57. The Labute approximate surface area is 119 Å². The zero-order valence-corrected chi connectivity index (χ0v) is 11.5. The third-order valence-corrected chi connectivity index (χ3v) is 3.59. The summed E-state index contributed by atoms with van der Waals surface area (Å²) in [6.07, 6.45) is 1.43. The Balaban J connectivity index is 2.09. The van der Waals surface area contributed by atoms with Gasteiger partial charge in [0.2, 0.25) is 0 Å². The van der Waals surface area contributed by atoms with E-state index in [1.165, 1.54) is 43.3 Å². The second kappa shape index (κ2) is 6.38. The minimum Gasteiger partial charge on any atom is -0.497 e. The number of methoxy groups -OCH3 is 1. The van der Waals surface area contributed by atoms with Crippen LogP contribution in [0.4, 0.5) is 4.39 Å². The van der Waals surface area contributed by atoms with Crippen LogP contribution in [-0.4, -0.2) is 23.2 Å². The molecule has 104 valence electrons. The summed E-state index contributed by atoms with van der Waals surface area (Å²) in [4.78, 5) is 14.9. The topological polar surface area (TPSA) is 59.4 Å². The third-order valence-electron chi connectivity index (χ3n) is 2.62. The van der Waals surface area contributed by atoms with Gasteiger partial charge in [-0.05, 0) is 23.8 Å². The molecule has 20 heavy (non-hydrogen) atoms. The van der Waals surface area contributed by atoms with E-state index in [2.05, 4.69) is 4.98 Å². The molecule has 0 aliphatic carbocycles. The van der Waals surface area contributed by atoms with Crippen molar-refractivity contribution in [3.05, 3.63) is 53.5 Å². The molecule has 0 bridgehead atoms. The molecule has 0 saturated heterocycles. The lowest BCUT2D eigenvalue weighted by Gasteiger charge is -2.05. The molecule has 0 saturated carbocycles. The number of carboxylic acids is 1. The molecule has 0 unspecified atom stereocenters. The van der Waals surface area contributed by atoms with Crippen molar-refractivity contribution >= 4 is 17.7 Å². The van der Waals surface area contributed by atoms with Gasteiger partial charge in [0.05, 0.1) is 17.7 Å². The molecule has 6 heteroatoms. The van der Waals surface area contributed by atoms with Crippen molar-refractivity contribution in [2.75, 3.05) is 7.11 Å². The molecule has 1 heterocycles. The molecule has 2 aromatic rings. The first kappa shape index (κ1) is 14.3. The number of hydrogen-bond acceptors (Lipinski definition) is 4. The Morgan fingerprint density at radius 2 is 2.20 bits per heavy atom. The van der Waals surface area contributed by atoms with Gasteiger partial charge in [0.15, 0.2) is 0 Å². The average Bonchev–Trinajstić information content (AvgIpc) is 2.46. The van der Waals surface area contributed by atoms with Gasteiger partial charge in [-0.3, -0.25) is 0 Å². The number of aromatic nitrogens is 1. The van der Waals surface area contributed by atoms with Crippen LogP contribution in [0.3, 0.4) is 0 Å². The Bertz CT molecular complexity index is 634. The normalized spacial score (nSPS) is 10.3. The van der Waals surface area contributed by atoms with E-state index in [0.29, 0.717) is 22.1 Å². The Morgan fingerprint density at radius 3 is 2.85 bits per heavy atom. The van der Waals surface area contributed by atoms with Crippen molar-refractivity contribution in [1.82, 2.24) is 4.98 Å². The van der Waals surface area contributed by atoms with E-state index in [9.17, 15) is 9.18 Å². The van der Waals surface area contributed by atoms with E-state index in [1.54, 1.807) is 12.1 Å². The number of thioether (sulfide) groups is 1. The van der Waals surface area contributed by atoms with Crippen LogP contribution < -0.4 is 4.74 Å². The summed E-state index contributed by atoms with van der Waals surface area (Å²) in [7, 11) is 1.48. The quantitative estimate of drug-likeness (QED) is 0.858. The zero-order chi connectivity index (χ0) is 14.5. The van der Waals surface area contributed by atoms with Crippen molar-refractivity contribution in [3.8, 4) is 5.75 Å². The van der Waals surface area contributed by atoms with Crippen LogP contribution in [0.2, 0.25) is 0 Å². The highest BCUT2D eigenvalue weighted by Gasteiger charge is 2.08. The molecule has 0 aliphatic heterocycles. The number of hydrogen-bond donors (Lipinski definition) is 1. The van der Waals surface area contributed by atoms with Gasteiger partial charge in [0.25, 0.3) is 0 Å². The van der Waals surface area contributed by atoms with Crippen LogP contribution in [0, 0.1) is 5.82 Å². The molecular formula is C14H12FNO3S. The van der Waals surface area contributed by atoms with Gasteiger partial charge in [0, 0.05) is 18.0 Å². The van der Waals surface area contributed by atoms with Crippen molar-refractivity contribution in [2.45, 2.75) is 10.8 Å². The third kappa shape index (κ3) is 3.48. The summed E-state index contributed by atoms with van der Waals surface area (Å²) in [5, 5.41) is 9.43. The molecule has 0 radical (unpaired) electrons. The van der Waals surface area contributed by atoms with E-state index in [4.69, 9.17) is 9.84 Å². The first-order valence-corrected chi connectivity index (χ1v) is 6.73. The van der Waals surface area contributed by atoms with Crippen molar-refractivity contribution in [3.63, 3.8) is 0 Å². The van der Waals surface area contributed by atoms with Gasteiger partial charge in [-0.1, -0.05) is 6.07 Å². The summed E-state index contributed by atoms with van der Waals surface area (Å²) >= 11 is 1.28. The van der Waals surface area contributed by atoms with Crippen molar-refractivity contribution in [2.24, 2.45) is 0 Å². The highest BCUT2D eigenvalue weighted by Crippen LogP contribution is 2.25. The maximum atomic E-state index is 13.7. The van der Waals surface area contributed by atoms with E-state index in [0.717, 1.165) is 0 Å². The number of ether oxygens (including phenoxy) is 1.